The van der Waals surface area contributed by atoms with Gasteiger partial charge in [-0.15, -0.1) is 0 Å². The van der Waals surface area contributed by atoms with Crippen LogP contribution in [-0.4, -0.2) is 25.6 Å². The maximum atomic E-state index is 14.6. The van der Waals surface area contributed by atoms with Crippen LogP contribution in [-0.2, 0) is 16.2 Å². The second-order valence-electron chi connectivity index (χ2n) is 7.36. The number of nitrogens with one attached hydrogen (secondary N) is 2. The molecule has 2 aromatic carbocycles. The summed E-state index contributed by atoms with van der Waals surface area (Å²) in [5.74, 6) is -1.37. The molecule has 2 N–H and O–H groups in total. The van der Waals surface area contributed by atoms with Crippen molar-refractivity contribution < 1.29 is 30.8 Å². The van der Waals surface area contributed by atoms with E-state index >= 15 is 0 Å². The van der Waals surface area contributed by atoms with Gasteiger partial charge in [-0.05, 0) is 55.8 Å². The van der Waals surface area contributed by atoms with Crippen molar-refractivity contribution in [3.05, 3.63) is 70.7 Å². The molecule has 0 aliphatic carbocycles. The molecule has 1 heterocycles. The molecule has 1 amide bonds. The van der Waals surface area contributed by atoms with Crippen molar-refractivity contribution in [2.24, 2.45) is 0 Å². The number of nitrogens with zero attached hydrogens (tertiary/aromatic N) is 1. The fourth-order valence-corrected chi connectivity index (χ4v) is 3.74. The normalized spacial score (nSPS) is 13.1. The Hall–Kier alpha value is -3.21. The third-order valence-corrected chi connectivity index (χ3v) is 5.29. The quantitative estimate of drug-likeness (QED) is 0.536. The molecule has 32 heavy (non-hydrogen) atoms. The number of rotatable bonds is 5. The maximum absolute atomic E-state index is 14.6. The summed E-state index contributed by atoms with van der Waals surface area (Å²) in [7, 11) is -3.59. The molecule has 0 saturated heterocycles. The Balaban J connectivity index is 1.82. The maximum Gasteiger partial charge on any atom is 0.416 e. The van der Waals surface area contributed by atoms with Gasteiger partial charge in [0.15, 0.2) is 0 Å². The number of benzene rings is 2. The zero-order valence-corrected chi connectivity index (χ0v) is 18.0. The summed E-state index contributed by atoms with van der Waals surface area (Å²) in [4.78, 5) is 16.7. The average molecular weight is 469 g/mol. The van der Waals surface area contributed by atoms with E-state index in [-0.39, 0.29) is 27.8 Å². The SMILES string of the molecule is Cc1cc([C@H](C)NC(=O)c2ccc3cc(C(F)(F)F)ccc3n2)c(F)cc1NS(C)(=O)=O. The molecule has 0 fully saturated rings. The molecule has 0 aliphatic rings. The highest BCUT2D eigenvalue weighted by Gasteiger charge is 2.30. The number of amides is 1. The molecule has 3 rings (SSSR count). The van der Waals surface area contributed by atoms with Gasteiger partial charge in [0.1, 0.15) is 11.5 Å². The molecule has 1 aromatic heterocycles. The van der Waals surface area contributed by atoms with Crippen LogP contribution >= 0.6 is 0 Å². The third-order valence-electron chi connectivity index (χ3n) is 4.70. The monoisotopic (exact) mass is 469 g/mol. The first kappa shape index (κ1) is 23.5. The van der Waals surface area contributed by atoms with Gasteiger partial charge in [0.25, 0.3) is 5.91 Å². The standard InChI is InChI=1S/C21H19F4N3O3S/c1-11-8-15(16(22)10-19(11)28-32(3,30)31)12(2)26-20(29)18-6-4-13-9-14(21(23,24)25)5-7-17(13)27-18/h4-10,12,28H,1-3H3,(H,26,29)/t12-/m0/s1. The number of pyridine rings is 1. The van der Waals surface area contributed by atoms with Gasteiger partial charge in [0.05, 0.1) is 29.1 Å². The summed E-state index contributed by atoms with van der Waals surface area (Å²) < 4.78 is 78.1. The van der Waals surface area contributed by atoms with E-state index in [1.54, 1.807) is 6.92 Å². The minimum absolute atomic E-state index is 0.0448. The summed E-state index contributed by atoms with van der Waals surface area (Å²) in [6.07, 6.45) is -3.55. The van der Waals surface area contributed by atoms with Crippen LogP contribution in [0.25, 0.3) is 10.9 Å². The fourth-order valence-electron chi connectivity index (χ4n) is 3.12. The lowest BCUT2D eigenvalue weighted by atomic mass is 10.0. The fraction of sp³-hybridized carbons (Fsp3) is 0.238. The summed E-state index contributed by atoms with van der Waals surface area (Å²) in [5.41, 5.74) is 0.00911. The van der Waals surface area contributed by atoms with Gasteiger partial charge >= 0.3 is 6.18 Å². The predicted octanol–water partition coefficient (Wildman–Crippen LogP) is 4.56. The molecule has 0 bridgehead atoms. The zero-order chi connectivity index (χ0) is 23.8. The van der Waals surface area contributed by atoms with Gasteiger partial charge in [0.2, 0.25) is 10.0 Å². The van der Waals surface area contributed by atoms with E-state index in [0.29, 0.717) is 5.56 Å². The molecular formula is C21H19F4N3O3S. The van der Waals surface area contributed by atoms with E-state index in [1.807, 2.05) is 0 Å². The summed E-state index contributed by atoms with van der Waals surface area (Å²) in [6.45, 7) is 3.13. The Morgan fingerprint density at radius 1 is 1.09 bits per heavy atom. The van der Waals surface area contributed by atoms with Gasteiger partial charge in [0, 0.05) is 10.9 Å². The number of halogens is 4. The van der Waals surface area contributed by atoms with E-state index < -0.39 is 39.5 Å². The van der Waals surface area contributed by atoms with Gasteiger partial charge in [-0.25, -0.2) is 17.8 Å². The van der Waals surface area contributed by atoms with Crippen LogP contribution in [0.3, 0.4) is 0 Å². The lowest BCUT2D eigenvalue weighted by molar-refractivity contribution is -0.137. The van der Waals surface area contributed by atoms with E-state index in [2.05, 4.69) is 15.0 Å². The summed E-state index contributed by atoms with van der Waals surface area (Å²) >= 11 is 0. The first-order chi connectivity index (χ1) is 14.7. The van der Waals surface area contributed by atoms with Crippen LogP contribution < -0.4 is 10.0 Å². The smallest absolute Gasteiger partial charge is 0.344 e. The number of fused-ring (bicyclic) bond motifs is 1. The summed E-state index contributed by atoms with van der Waals surface area (Å²) in [6, 6.07) is 7.29. The molecule has 170 valence electrons. The number of anilines is 1. The second kappa shape index (κ2) is 8.38. The van der Waals surface area contributed by atoms with Crippen molar-refractivity contribution in [2.45, 2.75) is 26.1 Å². The van der Waals surface area contributed by atoms with Gasteiger partial charge in [-0.1, -0.05) is 6.07 Å². The minimum Gasteiger partial charge on any atom is -0.344 e. The second-order valence-corrected chi connectivity index (χ2v) is 9.11. The Labute approximate surface area is 181 Å². The van der Waals surface area contributed by atoms with E-state index in [0.717, 1.165) is 24.5 Å². The Kier molecular flexibility index (Phi) is 6.14. The van der Waals surface area contributed by atoms with Crippen LogP contribution in [0.2, 0.25) is 0 Å². The molecule has 0 saturated carbocycles. The van der Waals surface area contributed by atoms with Crippen molar-refractivity contribution in [1.82, 2.24) is 10.3 Å². The molecule has 0 aliphatic heterocycles. The highest BCUT2D eigenvalue weighted by molar-refractivity contribution is 7.92. The minimum atomic E-state index is -4.49. The number of alkyl halides is 3. The lowest BCUT2D eigenvalue weighted by Gasteiger charge is -2.17. The topological polar surface area (TPSA) is 88.2 Å². The molecule has 0 radical (unpaired) electrons. The number of sulfonamides is 1. The number of carbonyl (C=O) groups is 1. The van der Waals surface area contributed by atoms with Crippen LogP contribution in [0, 0.1) is 12.7 Å². The number of hydrogen-bond donors (Lipinski definition) is 2. The predicted molar refractivity (Wildman–Crippen MR) is 112 cm³/mol. The van der Waals surface area contributed by atoms with Gasteiger partial charge in [-0.3, -0.25) is 9.52 Å². The first-order valence-corrected chi connectivity index (χ1v) is 11.2. The third kappa shape index (κ3) is 5.34. The Morgan fingerprint density at radius 3 is 2.41 bits per heavy atom. The molecular weight excluding hydrogens is 450 g/mol. The highest BCUT2D eigenvalue weighted by atomic mass is 32.2. The van der Waals surface area contributed by atoms with Crippen LogP contribution in [0.5, 0.6) is 0 Å². The first-order valence-electron chi connectivity index (χ1n) is 9.31. The number of aryl methyl sites for hydroxylation is 1. The van der Waals surface area contributed by atoms with Crippen molar-refractivity contribution in [3.8, 4) is 0 Å². The Bertz CT molecular complexity index is 1310. The van der Waals surface area contributed by atoms with E-state index in [1.165, 1.54) is 31.2 Å². The van der Waals surface area contributed by atoms with Crippen molar-refractivity contribution >= 4 is 32.5 Å². The number of carbonyl (C=O) groups excluding carboxylic acids is 1. The summed E-state index contributed by atoms with van der Waals surface area (Å²) in [5, 5.41) is 2.81. The largest absolute Gasteiger partial charge is 0.416 e. The molecule has 0 unspecified atom stereocenters. The molecule has 3 aromatic rings. The van der Waals surface area contributed by atoms with Crippen LogP contribution in [0.15, 0.2) is 42.5 Å². The average Bonchev–Trinajstić information content (AvgIpc) is 2.67. The molecule has 6 nitrogen and oxygen atoms in total. The highest BCUT2D eigenvalue weighted by Crippen LogP contribution is 2.31. The molecule has 1 atom stereocenters. The Morgan fingerprint density at radius 2 is 1.78 bits per heavy atom. The number of aromatic nitrogens is 1. The van der Waals surface area contributed by atoms with Gasteiger partial charge < -0.3 is 5.32 Å². The lowest BCUT2D eigenvalue weighted by Crippen LogP contribution is -2.28. The number of hydrogen-bond acceptors (Lipinski definition) is 4. The van der Waals surface area contributed by atoms with Crippen molar-refractivity contribution in [2.75, 3.05) is 11.0 Å². The van der Waals surface area contributed by atoms with Crippen molar-refractivity contribution in [1.29, 1.82) is 0 Å². The van der Waals surface area contributed by atoms with E-state index in [4.69, 9.17) is 0 Å². The van der Waals surface area contributed by atoms with Crippen LogP contribution in [0.1, 0.15) is 40.1 Å². The zero-order valence-electron chi connectivity index (χ0n) is 17.2. The van der Waals surface area contributed by atoms with Gasteiger partial charge in [-0.2, -0.15) is 13.2 Å². The van der Waals surface area contributed by atoms with Crippen molar-refractivity contribution in [3.63, 3.8) is 0 Å². The van der Waals surface area contributed by atoms with E-state index in [9.17, 15) is 30.8 Å². The van der Waals surface area contributed by atoms with Crippen LogP contribution in [0.4, 0.5) is 23.2 Å². The molecule has 0 spiro atoms. The molecule has 11 heteroatoms.